The Hall–Kier alpha value is -4.60. The van der Waals surface area contributed by atoms with Crippen molar-refractivity contribution in [1.29, 1.82) is 0 Å². The molecule has 45 heavy (non-hydrogen) atoms. The molecule has 0 aliphatic rings. The van der Waals surface area contributed by atoms with Crippen LogP contribution in [0.5, 0.6) is 17.2 Å². The van der Waals surface area contributed by atoms with E-state index in [1.807, 2.05) is 12.1 Å². The number of benzene rings is 3. The Labute approximate surface area is 260 Å². The van der Waals surface area contributed by atoms with Crippen LogP contribution in [0, 0.1) is 6.92 Å². The highest BCUT2D eigenvalue weighted by Crippen LogP contribution is 2.37. The first-order valence-corrected chi connectivity index (χ1v) is 14.8. The van der Waals surface area contributed by atoms with E-state index in [0.717, 1.165) is 55.9 Å². The summed E-state index contributed by atoms with van der Waals surface area (Å²) in [5.74, 6) is -2.54. The molecule has 3 rings (SSSR count). The lowest BCUT2D eigenvalue weighted by molar-refractivity contribution is -0.139. The maximum absolute atomic E-state index is 13.9. The number of unbranched alkanes of at least 4 members (excludes halogenated alkanes) is 4. The zero-order valence-corrected chi connectivity index (χ0v) is 25.4. The van der Waals surface area contributed by atoms with Gasteiger partial charge >= 0.3 is 24.1 Å². The SMILES string of the molecule is C=CC(=O)OCCCCOc1ccc(C(=O)Oc2ccc(C(=O)Oc3ccc(CCCCCC)cc3)cc2C(F)(F)F)cc1C. The highest BCUT2D eigenvalue weighted by molar-refractivity contribution is 5.93. The Balaban J connectivity index is 1.62. The molecule has 0 unspecified atom stereocenters. The number of carbonyl (C=O) groups excluding carboxylic acids is 3. The number of esters is 3. The van der Waals surface area contributed by atoms with Gasteiger partial charge in [0.2, 0.25) is 0 Å². The summed E-state index contributed by atoms with van der Waals surface area (Å²) in [4.78, 5) is 36.5. The predicted octanol–water partition coefficient (Wildman–Crippen LogP) is 8.46. The summed E-state index contributed by atoms with van der Waals surface area (Å²) < 4.78 is 62.8. The minimum absolute atomic E-state index is 0.0154. The summed E-state index contributed by atoms with van der Waals surface area (Å²) in [6, 6.07) is 13.9. The summed E-state index contributed by atoms with van der Waals surface area (Å²) in [7, 11) is 0. The van der Waals surface area contributed by atoms with Gasteiger partial charge in [-0.25, -0.2) is 14.4 Å². The van der Waals surface area contributed by atoms with E-state index in [-0.39, 0.29) is 23.5 Å². The lowest BCUT2D eigenvalue weighted by Gasteiger charge is -2.15. The number of hydrogen-bond donors (Lipinski definition) is 0. The maximum atomic E-state index is 13.9. The smallest absolute Gasteiger partial charge is 0.420 e. The van der Waals surface area contributed by atoms with Crippen molar-refractivity contribution in [2.45, 2.75) is 65.0 Å². The number of aryl methyl sites for hydroxylation is 2. The standard InChI is InChI=1S/C35H37F3O7/c1-4-6-7-8-11-25-12-16-28(17-13-25)44-33(40)27-15-19-31(29(23-27)35(36,37)38)45-34(41)26-14-18-30(24(3)22-26)42-20-9-10-21-43-32(39)5-2/h5,12-19,22-23H,2,4,6-11,20-21H2,1,3H3. The Kier molecular flexibility index (Phi) is 13.2. The van der Waals surface area contributed by atoms with Gasteiger partial charge in [0, 0.05) is 6.08 Å². The number of hydrogen-bond acceptors (Lipinski definition) is 7. The number of rotatable bonds is 16. The topological polar surface area (TPSA) is 88.1 Å². The van der Waals surface area contributed by atoms with Gasteiger partial charge in [0.1, 0.15) is 17.2 Å². The molecule has 0 aromatic heterocycles. The first kappa shape index (κ1) is 34.9. The molecule has 0 saturated carbocycles. The highest BCUT2D eigenvalue weighted by atomic mass is 19.4. The van der Waals surface area contributed by atoms with Crippen molar-refractivity contribution < 1.29 is 46.5 Å². The average molecular weight is 627 g/mol. The fraction of sp³-hybridized carbons (Fsp3) is 0.343. The minimum atomic E-state index is -4.91. The maximum Gasteiger partial charge on any atom is 0.420 e. The Bertz CT molecular complexity index is 1460. The first-order valence-electron chi connectivity index (χ1n) is 14.8. The molecular weight excluding hydrogens is 589 g/mol. The molecule has 3 aromatic rings. The summed E-state index contributed by atoms with van der Waals surface area (Å²) in [6.45, 7) is 7.69. The van der Waals surface area contributed by atoms with Gasteiger partial charge in [0.25, 0.3) is 0 Å². The van der Waals surface area contributed by atoms with E-state index in [2.05, 4.69) is 13.5 Å². The first-order chi connectivity index (χ1) is 21.5. The summed E-state index contributed by atoms with van der Waals surface area (Å²) in [5.41, 5.74) is 0.0300. The van der Waals surface area contributed by atoms with Crippen LogP contribution in [-0.4, -0.2) is 31.1 Å². The Morgan fingerprint density at radius 1 is 0.778 bits per heavy atom. The second kappa shape index (κ2) is 17.0. The number of ether oxygens (including phenoxy) is 4. The molecule has 0 atom stereocenters. The normalized spacial score (nSPS) is 11.0. The van der Waals surface area contributed by atoms with Gasteiger partial charge in [-0.1, -0.05) is 44.9 Å². The molecule has 0 spiro atoms. The van der Waals surface area contributed by atoms with Gasteiger partial charge in [-0.15, -0.1) is 0 Å². The summed E-state index contributed by atoms with van der Waals surface area (Å²) in [6.07, 6.45) is 2.71. The van der Waals surface area contributed by atoms with Crippen molar-refractivity contribution in [2.75, 3.05) is 13.2 Å². The number of halogens is 3. The molecule has 240 valence electrons. The van der Waals surface area contributed by atoms with Crippen LogP contribution in [-0.2, 0) is 22.1 Å². The van der Waals surface area contributed by atoms with Crippen LogP contribution >= 0.6 is 0 Å². The van der Waals surface area contributed by atoms with E-state index in [4.69, 9.17) is 18.9 Å². The second-order valence-electron chi connectivity index (χ2n) is 10.3. The van der Waals surface area contributed by atoms with Crippen LogP contribution in [0.3, 0.4) is 0 Å². The predicted molar refractivity (Wildman–Crippen MR) is 163 cm³/mol. The van der Waals surface area contributed by atoms with Crippen molar-refractivity contribution in [2.24, 2.45) is 0 Å². The van der Waals surface area contributed by atoms with Crippen LogP contribution in [0.15, 0.2) is 73.3 Å². The molecule has 0 radical (unpaired) electrons. The minimum Gasteiger partial charge on any atom is -0.493 e. The van der Waals surface area contributed by atoms with E-state index in [9.17, 15) is 27.6 Å². The molecular formula is C35H37F3O7. The monoisotopic (exact) mass is 626 g/mol. The quantitative estimate of drug-likeness (QED) is 0.0682. The van der Waals surface area contributed by atoms with Gasteiger partial charge in [0.15, 0.2) is 0 Å². The number of carbonyl (C=O) groups is 3. The molecule has 0 heterocycles. The largest absolute Gasteiger partial charge is 0.493 e. The van der Waals surface area contributed by atoms with E-state index >= 15 is 0 Å². The van der Waals surface area contributed by atoms with Crippen molar-refractivity contribution in [3.8, 4) is 17.2 Å². The molecule has 0 fully saturated rings. The van der Waals surface area contributed by atoms with Crippen LogP contribution in [0.4, 0.5) is 13.2 Å². The summed E-state index contributed by atoms with van der Waals surface area (Å²) >= 11 is 0. The molecule has 10 heteroatoms. The van der Waals surface area contributed by atoms with Crippen molar-refractivity contribution in [3.05, 3.63) is 101 Å². The van der Waals surface area contributed by atoms with Gasteiger partial charge in [-0.05, 0) is 92.3 Å². The fourth-order valence-electron chi connectivity index (χ4n) is 4.33. The van der Waals surface area contributed by atoms with Gasteiger partial charge in [0.05, 0.1) is 29.9 Å². The Morgan fingerprint density at radius 2 is 1.42 bits per heavy atom. The van der Waals surface area contributed by atoms with Gasteiger partial charge in [-0.3, -0.25) is 0 Å². The average Bonchev–Trinajstić information content (AvgIpc) is 3.01. The van der Waals surface area contributed by atoms with E-state index in [1.165, 1.54) is 18.2 Å². The molecule has 7 nitrogen and oxygen atoms in total. The molecule has 0 aliphatic heterocycles. The van der Waals surface area contributed by atoms with Crippen LogP contribution in [0.25, 0.3) is 0 Å². The molecule has 0 saturated heterocycles. The molecule has 0 aliphatic carbocycles. The molecule has 0 bridgehead atoms. The van der Waals surface area contributed by atoms with Gasteiger partial charge < -0.3 is 18.9 Å². The van der Waals surface area contributed by atoms with Crippen LogP contribution in [0.2, 0.25) is 0 Å². The van der Waals surface area contributed by atoms with Crippen molar-refractivity contribution in [3.63, 3.8) is 0 Å². The van der Waals surface area contributed by atoms with Crippen LogP contribution < -0.4 is 14.2 Å². The lowest BCUT2D eigenvalue weighted by Crippen LogP contribution is -2.16. The Morgan fingerprint density at radius 3 is 2.07 bits per heavy atom. The molecule has 0 N–H and O–H groups in total. The third-order valence-electron chi connectivity index (χ3n) is 6.79. The van der Waals surface area contributed by atoms with E-state index < -0.39 is 35.4 Å². The second-order valence-corrected chi connectivity index (χ2v) is 10.3. The third kappa shape index (κ3) is 11.1. The van der Waals surface area contributed by atoms with Crippen LogP contribution in [0.1, 0.15) is 82.9 Å². The third-order valence-corrected chi connectivity index (χ3v) is 6.79. The fourth-order valence-corrected chi connectivity index (χ4v) is 4.33. The number of alkyl halides is 3. The highest BCUT2D eigenvalue weighted by Gasteiger charge is 2.36. The summed E-state index contributed by atoms with van der Waals surface area (Å²) in [5, 5.41) is 0. The zero-order chi connectivity index (χ0) is 32.8. The van der Waals surface area contributed by atoms with Crippen molar-refractivity contribution in [1.82, 2.24) is 0 Å². The van der Waals surface area contributed by atoms with Crippen molar-refractivity contribution >= 4 is 17.9 Å². The lowest BCUT2D eigenvalue weighted by atomic mass is 10.1. The van der Waals surface area contributed by atoms with E-state index in [1.54, 1.807) is 19.1 Å². The zero-order valence-electron chi connectivity index (χ0n) is 25.4. The van der Waals surface area contributed by atoms with E-state index in [0.29, 0.717) is 36.8 Å². The van der Waals surface area contributed by atoms with Gasteiger partial charge in [-0.2, -0.15) is 13.2 Å². The molecule has 0 amide bonds. The molecule has 3 aromatic carbocycles.